The van der Waals surface area contributed by atoms with Crippen LogP contribution in [-0.4, -0.2) is 38.2 Å². The summed E-state index contributed by atoms with van der Waals surface area (Å²) in [5.74, 6) is 1.56. The highest BCUT2D eigenvalue weighted by Crippen LogP contribution is 2.16. The van der Waals surface area contributed by atoms with Crippen LogP contribution in [0.25, 0.3) is 0 Å². The number of aryl methyl sites for hydroxylation is 2. The topological polar surface area (TPSA) is 66.4 Å². The zero-order chi connectivity index (χ0) is 14.3. The molecule has 1 rings (SSSR count). The first-order chi connectivity index (χ1) is 8.97. The maximum absolute atomic E-state index is 12.1. The summed E-state index contributed by atoms with van der Waals surface area (Å²) in [7, 11) is -3.42. The molecule has 6 heteroatoms. The number of benzene rings is 1. The second-order valence-electron chi connectivity index (χ2n) is 4.36. The molecule has 2 N–H and O–H groups in total. The molecule has 0 aliphatic rings. The minimum atomic E-state index is -3.42. The Labute approximate surface area is 119 Å². The van der Waals surface area contributed by atoms with Crippen LogP contribution in [-0.2, 0) is 10.0 Å². The molecular weight excluding hydrogens is 282 g/mol. The summed E-state index contributed by atoms with van der Waals surface area (Å²) in [5.41, 5.74) is 1.69. The molecule has 0 radical (unpaired) electrons. The van der Waals surface area contributed by atoms with E-state index in [2.05, 4.69) is 4.72 Å². The predicted octanol–water partition coefficient (Wildman–Crippen LogP) is 1.70. The van der Waals surface area contributed by atoms with E-state index in [1.165, 1.54) is 0 Å². The highest BCUT2D eigenvalue weighted by Gasteiger charge is 2.15. The molecule has 0 aliphatic carbocycles. The fraction of sp³-hybridized carbons (Fsp3) is 0.538. The van der Waals surface area contributed by atoms with E-state index >= 15 is 0 Å². The predicted molar refractivity (Wildman–Crippen MR) is 80.1 cm³/mol. The zero-order valence-corrected chi connectivity index (χ0v) is 13.0. The van der Waals surface area contributed by atoms with Gasteiger partial charge in [0, 0.05) is 18.9 Å². The Balaban J connectivity index is 2.54. The minimum absolute atomic E-state index is 0.182. The molecule has 0 atom stereocenters. The van der Waals surface area contributed by atoms with E-state index in [1.807, 2.05) is 19.1 Å². The Hall–Kier alpha value is -0.560. The van der Waals surface area contributed by atoms with E-state index in [0.717, 1.165) is 23.3 Å². The number of hydrogen-bond donors (Lipinski definition) is 2. The van der Waals surface area contributed by atoms with Crippen molar-refractivity contribution in [1.29, 1.82) is 0 Å². The SMILES string of the molecule is Cc1ccc(C)c(S(=O)(=O)NCCSCCCO)c1. The van der Waals surface area contributed by atoms with Crippen LogP contribution >= 0.6 is 11.8 Å². The molecule has 0 saturated carbocycles. The summed E-state index contributed by atoms with van der Waals surface area (Å²) >= 11 is 1.63. The van der Waals surface area contributed by atoms with Crippen LogP contribution in [0.3, 0.4) is 0 Å². The second kappa shape index (κ2) is 7.89. The Morgan fingerprint density at radius 3 is 2.68 bits per heavy atom. The molecule has 108 valence electrons. The molecule has 0 saturated heterocycles. The molecule has 4 nitrogen and oxygen atoms in total. The standard InChI is InChI=1S/C13H21NO3S2/c1-11-4-5-12(2)13(10-11)19(16,17)14-6-9-18-8-3-7-15/h4-5,10,14-15H,3,6-9H2,1-2H3. The third kappa shape index (κ3) is 5.52. The minimum Gasteiger partial charge on any atom is -0.396 e. The van der Waals surface area contributed by atoms with Crippen LogP contribution in [0.4, 0.5) is 0 Å². The first-order valence-electron chi connectivity index (χ1n) is 6.23. The Kier molecular flexibility index (Phi) is 6.85. The van der Waals surface area contributed by atoms with Gasteiger partial charge in [0.05, 0.1) is 4.90 Å². The first kappa shape index (κ1) is 16.5. The van der Waals surface area contributed by atoms with E-state index in [9.17, 15) is 8.42 Å². The summed E-state index contributed by atoms with van der Waals surface area (Å²) in [4.78, 5) is 0.354. The van der Waals surface area contributed by atoms with Gasteiger partial charge in [0.15, 0.2) is 0 Å². The molecule has 0 aliphatic heterocycles. The molecule has 0 aromatic heterocycles. The van der Waals surface area contributed by atoms with Crippen LogP contribution in [0.1, 0.15) is 17.5 Å². The van der Waals surface area contributed by atoms with E-state index in [4.69, 9.17) is 5.11 Å². The van der Waals surface area contributed by atoms with E-state index in [-0.39, 0.29) is 6.61 Å². The molecule has 1 aromatic carbocycles. The van der Waals surface area contributed by atoms with Crippen LogP contribution < -0.4 is 4.72 Å². The van der Waals surface area contributed by atoms with Crippen molar-refractivity contribution in [1.82, 2.24) is 4.72 Å². The van der Waals surface area contributed by atoms with Gasteiger partial charge in [-0.2, -0.15) is 11.8 Å². The fourth-order valence-corrected chi connectivity index (χ4v) is 3.86. The molecule has 0 unspecified atom stereocenters. The van der Waals surface area contributed by atoms with E-state index in [0.29, 0.717) is 17.2 Å². The highest BCUT2D eigenvalue weighted by molar-refractivity contribution is 7.99. The van der Waals surface area contributed by atoms with Gasteiger partial charge in [-0.25, -0.2) is 13.1 Å². The van der Waals surface area contributed by atoms with Crippen LogP contribution in [0.5, 0.6) is 0 Å². The van der Waals surface area contributed by atoms with Crippen LogP contribution in [0, 0.1) is 13.8 Å². The third-order valence-corrected chi connectivity index (χ3v) is 5.29. The number of sulfonamides is 1. The van der Waals surface area contributed by atoms with Gasteiger partial charge in [0.1, 0.15) is 0 Å². The normalized spacial score (nSPS) is 11.7. The van der Waals surface area contributed by atoms with Crippen molar-refractivity contribution >= 4 is 21.8 Å². The van der Waals surface area contributed by atoms with Gasteiger partial charge in [0.25, 0.3) is 0 Å². The molecule has 0 amide bonds. The van der Waals surface area contributed by atoms with E-state index < -0.39 is 10.0 Å². The van der Waals surface area contributed by atoms with Crippen molar-refractivity contribution in [3.63, 3.8) is 0 Å². The summed E-state index contributed by atoms with van der Waals surface area (Å²) in [6, 6.07) is 5.41. The van der Waals surface area contributed by atoms with Crippen molar-refractivity contribution in [2.24, 2.45) is 0 Å². The summed E-state index contributed by atoms with van der Waals surface area (Å²) in [6.07, 6.45) is 0.744. The quantitative estimate of drug-likeness (QED) is 0.717. The Morgan fingerprint density at radius 2 is 2.00 bits per heavy atom. The zero-order valence-electron chi connectivity index (χ0n) is 11.3. The first-order valence-corrected chi connectivity index (χ1v) is 8.86. The number of aliphatic hydroxyl groups is 1. The fourth-order valence-electron chi connectivity index (χ4n) is 1.59. The average molecular weight is 303 g/mol. The summed E-state index contributed by atoms with van der Waals surface area (Å²) < 4.78 is 26.9. The lowest BCUT2D eigenvalue weighted by Crippen LogP contribution is -2.26. The average Bonchev–Trinajstić information content (AvgIpc) is 2.36. The molecule has 0 bridgehead atoms. The molecular formula is C13H21NO3S2. The monoisotopic (exact) mass is 303 g/mol. The van der Waals surface area contributed by atoms with Crippen LogP contribution in [0.2, 0.25) is 0 Å². The number of nitrogens with one attached hydrogen (secondary N) is 1. The third-order valence-electron chi connectivity index (χ3n) is 2.62. The maximum atomic E-state index is 12.1. The molecule has 19 heavy (non-hydrogen) atoms. The number of rotatable bonds is 8. The summed E-state index contributed by atoms with van der Waals surface area (Å²) in [5, 5.41) is 8.63. The summed E-state index contributed by atoms with van der Waals surface area (Å²) in [6.45, 7) is 4.26. The molecule has 0 spiro atoms. The number of aliphatic hydroxyl groups excluding tert-OH is 1. The van der Waals surface area contributed by atoms with Gasteiger partial charge in [-0.15, -0.1) is 0 Å². The number of thioether (sulfide) groups is 1. The molecule has 1 aromatic rings. The van der Waals surface area contributed by atoms with Gasteiger partial charge in [-0.3, -0.25) is 0 Å². The van der Waals surface area contributed by atoms with Crippen molar-refractivity contribution in [2.45, 2.75) is 25.2 Å². The van der Waals surface area contributed by atoms with Gasteiger partial charge < -0.3 is 5.11 Å². The lowest BCUT2D eigenvalue weighted by molar-refractivity contribution is 0.296. The van der Waals surface area contributed by atoms with Crippen molar-refractivity contribution in [3.8, 4) is 0 Å². The largest absolute Gasteiger partial charge is 0.396 e. The van der Waals surface area contributed by atoms with Gasteiger partial charge >= 0.3 is 0 Å². The molecule has 0 heterocycles. The van der Waals surface area contributed by atoms with Gasteiger partial charge in [0.2, 0.25) is 10.0 Å². The van der Waals surface area contributed by atoms with Crippen molar-refractivity contribution < 1.29 is 13.5 Å². The lowest BCUT2D eigenvalue weighted by atomic mass is 10.2. The van der Waals surface area contributed by atoms with E-state index in [1.54, 1.807) is 24.8 Å². The van der Waals surface area contributed by atoms with Gasteiger partial charge in [-0.05, 0) is 43.2 Å². The van der Waals surface area contributed by atoms with Crippen molar-refractivity contribution in [2.75, 3.05) is 24.7 Å². The van der Waals surface area contributed by atoms with Crippen LogP contribution in [0.15, 0.2) is 23.1 Å². The van der Waals surface area contributed by atoms with Crippen molar-refractivity contribution in [3.05, 3.63) is 29.3 Å². The maximum Gasteiger partial charge on any atom is 0.240 e. The Morgan fingerprint density at radius 1 is 1.26 bits per heavy atom. The highest BCUT2D eigenvalue weighted by atomic mass is 32.2. The second-order valence-corrected chi connectivity index (χ2v) is 7.32. The molecule has 0 fully saturated rings. The lowest BCUT2D eigenvalue weighted by Gasteiger charge is -2.10. The smallest absolute Gasteiger partial charge is 0.240 e. The van der Waals surface area contributed by atoms with Gasteiger partial charge in [-0.1, -0.05) is 12.1 Å². The Bertz CT molecular complexity index is 501. The number of hydrogen-bond acceptors (Lipinski definition) is 4.